The van der Waals surface area contributed by atoms with Crippen LogP contribution in [0, 0.1) is 0 Å². The minimum absolute atomic E-state index is 0.124. The van der Waals surface area contributed by atoms with Crippen molar-refractivity contribution in [3.63, 3.8) is 0 Å². The van der Waals surface area contributed by atoms with Crippen LogP contribution in [0.1, 0.15) is 21.9 Å². The van der Waals surface area contributed by atoms with Gasteiger partial charge >= 0.3 is 18.3 Å². The third kappa shape index (κ3) is 6.94. The molecule has 0 aromatic carbocycles. The monoisotopic (exact) mass is 453 g/mol. The summed E-state index contributed by atoms with van der Waals surface area (Å²) < 4.78 is 71.5. The van der Waals surface area contributed by atoms with E-state index in [4.69, 9.17) is 9.90 Å². The number of carboxylic acids is 1. The number of hydrogen-bond donors (Lipinski definition) is 2. The van der Waals surface area contributed by atoms with Crippen molar-refractivity contribution in [3.8, 4) is 0 Å². The predicted octanol–water partition coefficient (Wildman–Crippen LogP) is 2.02. The summed E-state index contributed by atoms with van der Waals surface area (Å²) in [6, 6.07) is 2.48. The van der Waals surface area contributed by atoms with Gasteiger partial charge in [-0.15, -0.1) is 0 Å². The van der Waals surface area contributed by atoms with Crippen LogP contribution in [0.5, 0.6) is 0 Å². The van der Waals surface area contributed by atoms with Crippen molar-refractivity contribution in [2.75, 3.05) is 26.2 Å². The second-order valence-electron chi connectivity index (χ2n) is 6.27. The normalized spacial score (nSPS) is 14.6. The molecule has 1 fully saturated rings. The zero-order valence-corrected chi connectivity index (χ0v) is 15.7. The van der Waals surface area contributed by atoms with Gasteiger partial charge in [0.2, 0.25) is 0 Å². The first-order valence-corrected chi connectivity index (χ1v) is 8.73. The van der Waals surface area contributed by atoms with Crippen LogP contribution in [0.2, 0.25) is 0 Å². The van der Waals surface area contributed by atoms with Gasteiger partial charge in [0.25, 0.3) is 5.91 Å². The van der Waals surface area contributed by atoms with Crippen LogP contribution >= 0.6 is 0 Å². The van der Waals surface area contributed by atoms with Crippen molar-refractivity contribution in [3.05, 3.63) is 47.8 Å². The molecule has 0 radical (unpaired) electrons. The maximum absolute atomic E-state index is 12.7. The molecule has 0 spiro atoms. The molecule has 2 N–H and O–H groups in total. The van der Waals surface area contributed by atoms with Crippen LogP contribution in [0.25, 0.3) is 0 Å². The highest BCUT2D eigenvalue weighted by Gasteiger charge is 2.38. The van der Waals surface area contributed by atoms with Crippen LogP contribution in [-0.2, 0) is 17.5 Å². The predicted molar refractivity (Wildman–Crippen MR) is 93.0 cm³/mol. The van der Waals surface area contributed by atoms with Gasteiger partial charge in [-0.2, -0.15) is 26.3 Å². The Kier molecular flexibility index (Phi) is 7.60. The number of nitrogens with zero attached hydrogens (tertiary/aromatic N) is 4. The molecular weight excluding hydrogens is 436 g/mol. The van der Waals surface area contributed by atoms with Crippen LogP contribution in [0.3, 0.4) is 0 Å². The zero-order chi connectivity index (χ0) is 23.2. The maximum Gasteiger partial charge on any atom is 0.490 e. The quantitative estimate of drug-likeness (QED) is 0.690. The molecule has 0 saturated carbocycles. The molecule has 3 rings (SSSR count). The lowest BCUT2D eigenvalue weighted by Crippen LogP contribution is -2.47. The van der Waals surface area contributed by atoms with E-state index < -0.39 is 24.0 Å². The minimum atomic E-state index is -5.08. The summed E-state index contributed by atoms with van der Waals surface area (Å²) in [5, 5.41) is 10.3. The Morgan fingerprint density at radius 2 is 1.68 bits per heavy atom. The lowest BCUT2D eigenvalue weighted by molar-refractivity contribution is -0.192. The standard InChI is InChI=1S/C15H16F3N5O.C2HF3O2/c16-15(17,18)12-9-11(1-2-20-12)10-23-8-5-21-13(23)14(24)22-6-3-19-4-7-22;3-2(4,5)1(6)7/h1-2,5,8-9,19H,3-4,6-7,10H2;(H,6,7). The van der Waals surface area contributed by atoms with Gasteiger partial charge in [-0.3, -0.25) is 9.78 Å². The second-order valence-corrected chi connectivity index (χ2v) is 6.27. The fourth-order valence-corrected chi connectivity index (χ4v) is 2.57. The van der Waals surface area contributed by atoms with Gasteiger partial charge in [-0.25, -0.2) is 9.78 Å². The van der Waals surface area contributed by atoms with Crippen LogP contribution in [0.4, 0.5) is 26.3 Å². The van der Waals surface area contributed by atoms with Gasteiger partial charge in [-0.1, -0.05) is 0 Å². The van der Waals surface area contributed by atoms with E-state index >= 15 is 0 Å². The Balaban J connectivity index is 0.000000423. The highest BCUT2D eigenvalue weighted by Crippen LogP contribution is 2.27. The molecule has 0 unspecified atom stereocenters. The highest BCUT2D eigenvalue weighted by molar-refractivity contribution is 5.91. The summed E-state index contributed by atoms with van der Waals surface area (Å²) in [5.74, 6) is -2.75. The lowest BCUT2D eigenvalue weighted by Gasteiger charge is -2.27. The summed E-state index contributed by atoms with van der Waals surface area (Å²) in [7, 11) is 0. The maximum atomic E-state index is 12.7. The number of imidazole rings is 1. The Hall–Kier alpha value is -3.16. The lowest BCUT2D eigenvalue weighted by atomic mass is 10.2. The molecule has 1 aliphatic rings. The van der Waals surface area contributed by atoms with Gasteiger partial charge in [0.05, 0.1) is 0 Å². The molecule has 2 aromatic heterocycles. The molecule has 1 saturated heterocycles. The first kappa shape index (κ1) is 24.1. The van der Waals surface area contributed by atoms with Crippen molar-refractivity contribution in [1.29, 1.82) is 0 Å². The Morgan fingerprint density at radius 1 is 1.06 bits per heavy atom. The number of alkyl halides is 6. The third-order valence-electron chi connectivity index (χ3n) is 4.02. The summed E-state index contributed by atoms with van der Waals surface area (Å²) >= 11 is 0. The van der Waals surface area contributed by atoms with Crippen molar-refractivity contribution in [1.82, 2.24) is 24.8 Å². The molecule has 170 valence electrons. The average Bonchev–Trinajstić information content (AvgIpc) is 3.15. The number of aliphatic carboxylic acids is 1. The summed E-state index contributed by atoms with van der Waals surface area (Å²) in [4.78, 5) is 30.5. The smallest absolute Gasteiger partial charge is 0.475 e. The van der Waals surface area contributed by atoms with E-state index in [1.807, 2.05) is 0 Å². The second kappa shape index (κ2) is 9.76. The van der Waals surface area contributed by atoms with Gasteiger partial charge in [0, 0.05) is 51.3 Å². The Morgan fingerprint density at radius 3 is 2.23 bits per heavy atom. The number of carbonyl (C=O) groups excluding carboxylic acids is 1. The van der Waals surface area contributed by atoms with Crippen LogP contribution in [0.15, 0.2) is 30.7 Å². The van der Waals surface area contributed by atoms with E-state index in [9.17, 15) is 31.1 Å². The number of carboxylic acid groups (broad SMARTS) is 1. The topological polar surface area (TPSA) is 100 Å². The Bertz CT molecular complexity index is 906. The number of pyridine rings is 1. The van der Waals surface area contributed by atoms with E-state index in [2.05, 4.69) is 15.3 Å². The van der Waals surface area contributed by atoms with E-state index in [1.54, 1.807) is 15.7 Å². The first-order valence-electron chi connectivity index (χ1n) is 8.73. The number of hydrogen-bond acceptors (Lipinski definition) is 5. The zero-order valence-electron chi connectivity index (χ0n) is 15.7. The van der Waals surface area contributed by atoms with Crippen molar-refractivity contribution in [2.45, 2.75) is 18.9 Å². The number of nitrogens with one attached hydrogen (secondary N) is 1. The van der Waals surface area contributed by atoms with Gasteiger partial charge in [-0.05, 0) is 17.7 Å². The van der Waals surface area contributed by atoms with Crippen molar-refractivity contribution in [2.24, 2.45) is 0 Å². The molecule has 8 nitrogen and oxygen atoms in total. The molecule has 1 amide bonds. The van der Waals surface area contributed by atoms with Crippen LogP contribution < -0.4 is 5.32 Å². The summed E-state index contributed by atoms with van der Waals surface area (Å²) in [6.07, 6.45) is -5.40. The molecule has 14 heteroatoms. The third-order valence-corrected chi connectivity index (χ3v) is 4.02. The van der Waals surface area contributed by atoms with E-state index in [0.717, 1.165) is 12.3 Å². The SMILES string of the molecule is O=C(O)C(F)(F)F.O=C(c1nccn1Cc1ccnc(C(F)(F)F)c1)N1CCNCC1. The molecular formula is C17H17F6N5O3. The summed E-state index contributed by atoms with van der Waals surface area (Å²) in [5.41, 5.74) is -0.542. The van der Waals surface area contributed by atoms with Crippen molar-refractivity contribution >= 4 is 11.9 Å². The summed E-state index contributed by atoms with van der Waals surface area (Å²) in [6.45, 7) is 2.72. The number of rotatable bonds is 3. The molecule has 0 aliphatic carbocycles. The molecule has 2 aromatic rings. The van der Waals surface area contributed by atoms with E-state index in [0.29, 0.717) is 31.7 Å². The molecule has 0 atom stereocenters. The number of carbonyl (C=O) groups is 2. The highest BCUT2D eigenvalue weighted by atomic mass is 19.4. The van der Waals surface area contributed by atoms with E-state index in [1.165, 1.54) is 12.3 Å². The number of halogens is 6. The Labute approximate surface area is 171 Å². The molecule has 31 heavy (non-hydrogen) atoms. The molecule has 1 aliphatic heterocycles. The van der Waals surface area contributed by atoms with Gasteiger partial charge in [0.15, 0.2) is 5.82 Å². The van der Waals surface area contributed by atoms with Crippen molar-refractivity contribution < 1.29 is 41.0 Å². The van der Waals surface area contributed by atoms with Crippen LogP contribution in [-0.4, -0.2) is 68.8 Å². The number of aromatic nitrogens is 3. The molecule has 0 bridgehead atoms. The van der Waals surface area contributed by atoms with E-state index in [-0.39, 0.29) is 18.3 Å². The minimum Gasteiger partial charge on any atom is -0.475 e. The van der Waals surface area contributed by atoms with Gasteiger partial charge < -0.3 is 19.9 Å². The van der Waals surface area contributed by atoms with Gasteiger partial charge in [0.1, 0.15) is 5.69 Å². The molecule has 3 heterocycles. The number of amides is 1. The fraction of sp³-hybridized carbons (Fsp3) is 0.412. The first-order chi connectivity index (χ1) is 14.4. The average molecular weight is 453 g/mol. The largest absolute Gasteiger partial charge is 0.490 e. The number of piperazine rings is 1. The fourth-order valence-electron chi connectivity index (χ4n) is 2.57.